The van der Waals surface area contributed by atoms with E-state index in [4.69, 9.17) is 5.14 Å². The predicted molar refractivity (Wildman–Crippen MR) is 77.5 cm³/mol. The maximum absolute atomic E-state index is 13.7. The summed E-state index contributed by atoms with van der Waals surface area (Å²) in [6, 6.07) is 3.11. The molecule has 0 atom stereocenters. The number of anilines is 1. The monoisotopic (exact) mass is 314 g/mol. The topological polar surface area (TPSA) is 89.3 Å². The number of nitrogens with two attached hydrogens (primary N) is 1. The van der Waals surface area contributed by atoms with Gasteiger partial charge in [0.15, 0.2) is 0 Å². The third-order valence-electron chi connectivity index (χ3n) is 3.91. The van der Waals surface area contributed by atoms with Gasteiger partial charge in [-0.2, -0.15) is 0 Å². The van der Waals surface area contributed by atoms with Crippen molar-refractivity contribution >= 4 is 21.6 Å². The molecule has 0 aliphatic heterocycles. The summed E-state index contributed by atoms with van der Waals surface area (Å²) in [5, 5.41) is 7.47. The molecule has 0 saturated heterocycles. The first kappa shape index (κ1) is 15.9. The zero-order chi connectivity index (χ0) is 15.6. The van der Waals surface area contributed by atoms with Gasteiger partial charge >= 0.3 is 0 Å². The average molecular weight is 314 g/mol. The van der Waals surface area contributed by atoms with Crippen molar-refractivity contribution < 1.29 is 17.6 Å². The first-order chi connectivity index (χ1) is 9.77. The van der Waals surface area contributed by atoms with E-state index in [9.17, 15) is 17.6 Å². The molecule has 21 heavy (non-hydrogen) atoms. The second-order valence-electron chi connectivity index (χ2n) is 5.63. The average Bonchev–Trinajstić information content (AvgIpc) is 2.40. The van der Waals surface area contributed by atoms with Crippen LogP contribution in [0.1, 0.15) is 32.6 Å². The van der Waals surface area contributed by atoms with Gasteiger partial charge in [-0.15, -0.1) is 0 Å². The van der Waals surface area contributed by atoms with Gasteiger partial charge in [0.25, 0.3) is 0 Å². The van der Waals surface area contributed by atoms with Crippen molar-refractivity contribution in [3.63, 3.8) is 0 Å². The van der Waals surface area contributed by atoms with Crippen molar-refractivity contribution in [3.05, 3.63) is 24.0 Å². The molecule has 1 aromatic rings. The lowest BCUT2D eigenvalue weighted by molar-refractivity contribution is -0.121. The SMILES string of the molecule is CC1CCC(C(=O)Nc2cc(S(N)(=O)=O)ccc2F)CC1. The highest BCUT2D eigenvalue weighted by Gasteiger charge is 2.25. The van der Waals surface area contributed by atoms with Crippen LogP contribution in [0, 0.1) is 17.7 Å². The third-order valence-corrected chi connectivity index (χ3v) is 4.82. The Balaban J connectivity index is 2.14. The quantitative estimate of drug-likeness (QED) is 0.896. The van der Waals surface area contributed by atoms with Gasteiger partial charge < -0.3 is 5.32 Å². The molecule has 0 heterocycles. The number of nitrogens with one attached hydrogen (secondary N) is 1. The van der Waals surface area contributed by atoms with E-state index in [1.54, 1.807) is 0 Å². The Labute approximate surface area is 123 Å². The van der Waals surface area contributed by atoms with Gasteiger partial charge in [-0.05, 0) is 49.8 Å². The minimum Gasteiger partial charge on any atom is -0.323 e. The maximum atomic E-state index is 13.7. The molecule has 2 rings (SSSR count). The van der Waals surface area contributed by atoms with Gasteiger partial charge in [0.1, 0.15) is 5.82 Å². The first-order valence-electron chi connectivity index (χ1n) is 6.90. The van der Waals surface area contributed by atoms with Crippen LogP contribution in [0.15, 0.2) is 23.1 Å². The molecule has 1 aromatic carbocycles. The number of carbonyl (C=O) groups is 1. The summed E-state index contributed by atoms with van der Waals surface area (Å²) < 4.78 is 36.2. The number of carbonyl (C=O) groups excluding carboxylic acids is 1. The number of benzene rings is 1. The smallest absolute Gasteiger partial charge is 0.238 e. The number of halogens is 1. The van der Waals surface area contributed by atoms with Crippen molar-refractivity contribution in [2.24, 2.45) is 17.0 Å². The molecule has 0 radical (unpaired) electrons. The van der Waals surface area contributed by atoms with Crippen molar-refractivity contribution in [1.29, 1.82) is 0 Å². The molecule has 0 unspecified atom stereocenters. The summed E-state index contributed by atoms with van der Waals surface area (Å²) >= 11 is 0. The molecule has 1 amide bonds. The van der Waals surface area contributed by atoms with E-state index in [0.29, 0.717) is 5.92 Å². The van der Waals surface area contributed by atoms with E-state index in [1.165, 1.54) is 0 Å². The van der Waals surface area contributed by atoms with Crippen molar-refractivity contribution in [3.8, 4) is 0 Å². The normalized spacial score (nSPS) is 22.8. The summed E-state index contributed by atoms with van der Waals surface area (Å²) in [7, 11) is -3.93. The van der Waals surface area contributed by atoms with Crippen LogP contribution in [0.2, 0.25) is 0 Å². The molecule has 0 bridgehead atoms. The Morgan fingerprint density at radius 2 is 1.90 bits per heavy atom. The highest BCUT2D eigenvalue weighted by molar-refractivity contribution is 7.89. The van der Waals surface area contributed by atoms with Gasteiger partial charge in [0, 0.05) is 5.92 Å². The largest absolute Gasteiger partial charge is 0.323 e. The van der Waals surface area contributed by atoms with E-state index < -0.39 is 15.8 Å². The summed E-state index contributed by atoms with van der Waals surface area (Å²) in [5.74, 6) is -0.498. The van der Waals surface area contributed by atoms with Crippen LogP contribution in [0.5, 0.6) is 0 Å². The Kier molecular flexibility index (Phi) is 4.63. The Hall–Kier alpha value is -1.47. The highest BCUT2D eigenvalue weighted by atomic mass is 32.2. The van der Waals surface area contributed by atoms with Crippen molar-refractivity contribution in [2.45, 2.75) is 37.5 Å². The minimum absolute atomic E-state index is 0.148. The van der Waals surface area contributed by atoms with E-state index in [1.807, 2.05) is 0 Å². The number of hydrogen-bond donors (Lipinski definition) is 2. The fraction of sp³-hybridized carbons (Fsp3) is 0.500. The molecule has 1 aliphatic carbocycles. The maximum Gasteiger partial charge on any atom is 0.238 e. The second kappa shape index (κ2) is 6.11. The predicted octanol–water partition coefficient (Wildman–Crippen LogP) is 2.24. The standard InChI is InChI=1S/C14H19FN2O3S/c1-9-2-4-10(5-3-9)14(18)17-13-8-11(21(16,19)20)6-7-12(13)15/h6-10H,2-5H2,1H3,(H,17,18)(H2,16,19,20). The first-order valence-corrected chi connectivity index (χ1v) is 8.45. The molecule has 0 aromatic heterocycles. The lowest BCUT2D eigenvalue weighted by atomic mass is 9.82. The zero-order valence-electron chi connectivity index (χ0n) is 11.8. The van der Waals surface area contributed by atoms with Crippen LogP contribution in [0.3, 0.4) is 0 Å². The van der Waals surface area contributed by atoms with Crippen LogP contribution in [0.25, 0.3) is 0 Å². The summed E-state index contributed by atoms with van der Waals surface area (Å²) in [6.45, 7) is 2.14. The minimum atomic E-state index is -3.93. The van der Waals surface area contributed by atoms with E-state index in [-0.39, 0.29) is 22.4 Å². The lowest BCUT2D eigenvalue weighted by Crippen LogP contribution is -2.27. The lowest BCUT2D eigenvalue weighted by Gasteiger charge is -2.25. The van der Waals surface area contributed by atoms with Gasteiger partial charge in [0.05, 0.1) is 10.6 Å². The summed E-state index contributed by atoms with van der Waals surface area (Å²) in [6.07, 6.45) is 3.47. The molecule has 1 aliphatic rings. The number of hydrogen-bond acceptors (Lipinski definition) is 3. The van der Waals surface area contributed by atoms with Gasteiger partial charge in [-0.3, -0.25) is 4.79 Å². The van der Waals surface area contributed by atoms with Gasteiger partial charge in [-0.1, -0.05) is 6.92 Å². The number of primary sulfonamides is 1. The summed E-state index contributed by atoms with van der Waals surface area (Å²) in [5.41, 5.74) is -0.148. The number of amides is 1. The number of sulfonamides is 1. The zero-order valence-corrected chi connectivity index (χ0v) is 12.6. The van der Waals surface area contributed by atoms with Crippen LogP contribution < -0.4 is 10.5 Å². The number of rotatable bonds is 3. The third kappa shape index (κ3) is 4.01. The molecular weight excluding hydrogens is 295 g/mol. The van der Waals surface area contributed by atoms with E-state index in [0.717, 1.165) is 43.9 Å². The fourth-order valence-corrected chi connectivity index (χ4v) is 3.07. The van der Waals surface area contributed by atoms with Gasteiger partial charge in [0.2, 0.25) is 15.9 Å². The van der Waals surface area contributed by atoms with Crippen molar-refractivity contribution in [2.75, 3.05) is 5.32 Å². The Morgan fingerprint density at radius 1 is 1.29 bits per heavy atom. The van der Waals surface area contributed by atoms with Crippen LogP contribution in [0.4, 0.5) is 10.1 Å². The van der Waals surface area contributed by atoms with Gasteiger partial charge in [-0.25, -0.2) is 17.9 Å². The van der Waals surface area contributed by atoms with Crippen LogP contribution >= 0.6 is 0 Å². The van der Waals surface area contributed by atoms with Crippen molar-refractivity contribution in [1.82, 2.24) is 0 Å². The molecule has 3 N–H and O–H groups in total. The van der Waals surface area contributed by atoms with Crippen LogP contribution in [-0.4, -0.2) is 14.3 Å². The molecule has 116 valence electrons. The Bertz CT molecular complexity index is 638. The second-order valence-corrected chi connectivity index (χ2v) is 7.19. The Morgan fingerprint density at radius 3 is 2.48 bits per heavy atom. The fourth-order valence-electron chi connectivity index (χ4n) is 2.53. The molecule has 1 saturated carbocycles. The molecule has 1 fully saturated rings. The molecule has 0 spiro atoms. The van der Waals surface area contributed by atoms with Crippen LogP contribution in [-0.2, 0) is 14.8 Å². The van der Waals surface area contributed by atoms with E-state index >= 15 is 0 Å². The molecule has 5 nitrogen and oxygen atoms in total. The molecule has 7 heteroatoms. The summed E-state index contributed by atoms with van der Waals surface area (Å²) in [4.78, 5) is 11.9. The highest BCUT2D eigenvalue weighted by Crippen LogP contribution is 2.29. The van der Waals surface area contributed by atoms with E-state index in [2.05, 4.69) is 12.2 Å². The molecular formula is C14H19FN2O3S.